The molecule has 17 heavy (non-hydrogen) atoms. The van der Waals surface area contributed by atoms with Gasteiger partial charge in [-0.15, -0.1) is 0 Å². The third-order valence-corrected chi connectivity index (χ3v) is 2.36. The number of amides is 1. The molecule has 0 unspecified atom stereocenters. The number of nitrogens with one attached hydrogen (secondary N) is 1. The van der Waals surface area contributed by atoms with Crippen LogP contribution in [0, 0.1) is 0 Å². The molecular weight excluding hydrogens is 218 g/mol. The molecular formula is C12H13N3O2. The number of rotatable bonds is 3. The van der Waals surface area contributed by atoms with E-state index in [1.54, 1.807) is 18.2 Å². The van der Waals surface area contributed by atoms with Gasteiger partial charge < -0.3 is 15.5 Å². The maximum atomic E-state index is 11.9. The second-order valence-corrected chi connectivity index (χ2v) is 3.54. The summed E-state index contributed by atoms with van der Waals surface area (Å²) in [7, 11) is 0. The lowest BCUT2D eigenvalue weighted by Crippen LogP contribution is -2.13. The van der Waals surface area contributed by atoms with Crippen molar-refractivity contribution in [3.63, 3.8) is 0 Å². The fourth-order valence-corrected chi connectivity index (χ4v) is 1.49. The number of nitrogen functional groups attached to an aromatic ring is 1. The van der Waals surface area contributed by atoms with E-state index >= 15 is 0 Å². The molecule has 0 aromatic carbocycles. The van der Waals surface area contributed by atoms with E-state index in [2.05, 4.69) is 10.3 Å². The molecule has 88 valence electrons. The molecule has 0 spiro atoms. The first-order valence-corrected chi connectivity index (χ1v) is 5.30. The molecule has 1 amide bonds. The Morgan fingerprint density at radius 1 is 1.47 bits per heavy atom. The van der Waals surface area contributed by atoms with E-state index in [-0.39, 0.29) is 5.91 Å². The van der Waals surface area contributed by atoms with Crippen LogP contribution >= 0.6 is 0 Å². The van der Waals surface area contributed by atoms with Gasteiger partial charge in [0, 0.05) is 6.42 Å². The summed E-state index contributed by atoms with van der Waals surface area (Å²) in [5.41, 5.74) is 6.61. The monoisotopic (exact) mass is 231 g/mol. The lowest BCUT2D eigenvalue weighted by molar-refractivity contribution is 0.102. The number of furan rings is 1. The zero-order valence-electron chi connectivity index (χ0n) is 9.43. The molecule has 2 heterocycles. The molecule has 0 bridgehead atoms. The van der Waals surface area contributed by atoms with Gasteiger partial charge in [0.2, 0.25) is 0 Å². The highest BCUT2D eigenvalue weighted by Crippen LogP contribution is 2.14. The number of hydrogen-bond donors (Lipinski definition) is 2. The first kappa shape index (κ1) is 11.2. The minimum absolute atomic E-state index is 0.206. The normalized spacial score (nSPS) is 10.2. The number of pyridine rings is 1. The highest BCUT2D eigenvalue weighted by atomic mass is 16.3. The van der Waals surface area contributed by atoms with E-state index in [0.717, 1.165) is 0 Å². The molecule has 0 saturated heterocycles. The van der Waals surface area contributed by atoms with Gasteiger partial charge in [-0.25, -0.2) is 4.98 Å². The Morgan fingerprint density at radius 3 is 2.94 bits per heavy atom. The van der Waals surface area contributed by atoms with E-state index in [0.29, 0.717) is 29.2 Å². The second kappa shape index (κ2) is 4.69. The van der Waals surface area contributed by atoms with Crippen molar-refractivity contribution in [2.24, 2.45) is 0 Å². The average molecular weight is 231 g/mol. The van der Waals surface area contributed by atoms with Crippen LogP contribution in [0.5, 0.6) is 0 Å². The molecule has 0 aliphatic rings. The zero-order valence-corrected chi connectivity index (χ0v) is 9.43. The standard InChI is InChI=1S/C12H13N3O2/c1-2-10-9(5-6-17-10)12(16)15-8-3-4-11(13)14-7-8/h3-7H,2H2,1H3,(H2,13,14)(H,15,16). The summed E-state index contributed by atoms with van der Waals surface area (Å²) >= 11 is 0. The Labute approximate surface area is 98.6 Å². The van der Waals surface area contributed by atoms with Gasteiger partial charge in [0.15, 0.2) is 0 Å². The van der Waals surface area contributed by atoms with E-state index in [4.69, 9.17) is 10.2 Å². The van der Waals surface area contributed by atoms with E-state index in [9.17, 15) is 4.79 Å². The van der Waals surface area contributed by atoms with Gasteiger partial charge >= 0.3 is 0 Å². The minimum Gasteiger partial charge on any atom is -0.469 e. The van der Waals surface area contributed by atoms with Gasteiger partial charge in [-0.3, -0.25) is 4.79 Å². The molecule has 0 aliphatic carbocycles. The molecule has 3 N–H and O–H groups in total. The lowest BCUT2D eigenvalue weighted by Gasteiger charge is -2.04. The smallest absolute Gasteiger partial charge is 0.259 e. The van der Waals surface area contributed by atoms with Crippen LogP contribution in [-0.2, 0) is 6.42 Å². The summed E-state index contributed by atoms with van der Waals surface area (Å²) in [5, 5.41) is 2.73. The van der Waals surface area contributed by atoms with Crippen LogP contribution in [0.25, 0.3) is 0 Å². The predicted molar refractivity (Wildman–Crippen MR) is 64.7 cm³/mol. The molecule has 2 aromatic heterocycles. The van der Waals surface area contributed by atoms with Crippen molar-refractivity contribution in [2.75, 3.05) is 11.1 Å². The Bertz CT molecular complexity index is 517. The molecule has 0 atom stereocenters. The molecule has 5 heteroatoms. The number of nitrogens with zero attached hydrogens (tertiary/aromatic N) is 1. The number of nitrogens with two attached hydrogens (primary N) is 1. The molecule has 5 nitrogen and oxygen atoms in total. The SMILES string of the molecule is CCc1occc1C(=O)Nc1ccc(N)nc1. The maximum Gasteiger partial charge on any atom is 0.259 e. The van der Waals surface area contributed by atoms with Crippen molar-refractivity contribution in [2.45, 2.75) is 13.3 Å². The van der Waals surface area contributed by atoms with Gasteiger partial charge in [0.1, 0.15) is 11.6 Å². The van der Waals surface area contributed by atoms with Crippen molar-refractivity contribution >= 4 is 17.4 Å². The fourth-order valence-electron chi connectivity index (χ4n) is 1.49. The van der Waals surface area contributed by atoms with Gasteiger partial charge in [-0.1, -0.05) is 6.92 Å². The number of anilines is 2. The van der Waals surface area contributed by atoms with Gasteiger partial charge in [-0.05, 0) is 18.2 Å². The van der Waals surface area contributed by atoms with Crippen molar-refractivity contribution in [1.82, 2.24) is 4.98 Å². The Kier molecular flexibility index (Phi) is 3.09. The number of carbonyl (C=O) groups excluding carboxylic acids is 1. The summed E-state index contributed by atoms with van der Waals surface area (Å²) in [6, 6.07) is 4.98. The number of aryl methyl sites for hydroxylation is 1. The topological polar surface area (TPSA) is 81.2 Å². The number of aromatic nitrogens is 1. The first-order valence-electron chi connectivity index (χ1n) is 5.30. The summed E-state index contributed by atoms with van der Waals surface area (Å²) in [6.45, 7) is 1.93. The lowest BCUT2D eigenvalue weighted by atomic mass is 10.2. The van der Waals surface area contributed by atoms with Crippen LogP contribution in [-0.4, -0.2) is 10.9 Å². The third kappa shape index (κ3) is 2.44. The van der Waals surface area contributed by atoms with Crippen LogP contribution < -0.4 is 11.1 Å². The molecule has 2 aromatic rings. The Balaban J connectivity index is 2.14. The largest absolute Gasteiger partial charge is 0.469 e. The second-order valence-electron chi connectivity index (χ2n) is 3.54. The van der Waals surface area contributed by atoms with Crippen LogP contribution in [0.2, 0.25) is 0 Å². The van der Waals surface area contributed by atoms with Crippen molar-refractivity contribution in [1.29, 1.82) is 0 Å². The van der Waals surface area contributed by atoms with Gasteiger partial charge in [-0.2, -0.15) is 0 Å². The highest BCUT2D eigenvalue weighted by Gasteiger charge is 2.13. The predicted octanol–water partition coefficient (Wildman–Crippen LogP) is 2.07. The number of hydrogen-bond acceptors (Lipinski definition) is 4. The molecule has 0 fully saturated rings. The first-order chi connectivity index (χ1) is 8.20. The van der Waals surface area contributed by atoms with Crippen LogP contribution in [0.3, 0.4) is 0 Å². The summed E-state index contributed by atoms with van der Waals surface area (Å²) in [4.78, 5) is 15.8. The van der Waals surface area contributed by atoms with Gasteiger partial charge in [0.05, 0.1) is 23.7 Å². The van der Waals surface area contributed by atoms with Crippen molar-refractivity contribution in [3.8, 4) is 0 Å². The van der Waals surface area contributed by atoms with Crippen molar-refractivity contribution < 1.29 is 9.21 Å². The Morgan fingerprint density at radius 2 is 2.29 bits per heavy atom. The van der Waals surface area contributed by atoms with Crippen LogP contribution in [0.15, 0.2) is 35.1 Å². The third-order valence-electron chi connectivity index (χ3n) is 2.36. The zero-order chi connectivity index (χ0) is 12.3. The Hall–Kier alpha value is -2.30. The summed E-state index contributed by atoms with van der Waals surface area (Å²) in [6.07, 6.45) is 3.70. The summed E-state index contributed by atoms with van der Waals surface area (Å²) in [5.74, 6) is 0.883. The molecule has 2 rings (SSSR count). The quantitative estimate of drug-likeness (QED) is 0.847. The fraction of sp³-hybridized carbons (Fsp3) is 0.167. The number of carbonyl (C=O) groups is 1. The van der Waals surface area contributed by atoms with E-state index in [1.807, 2.05) is 6.92 Å². The molecule has 0 radical (unpaired) electrons. The summed E-state index contributed by atoms with van der Waals surface area (Å²) < 4.78 is 5.20. The molecule has 0 aliphatic heterocycles. The van der Waals surface area contributed by atoms with Crippen molar-refractivity contribution in [3.05, 3.63) is 42.0 Å². The van der Waals surface area contributed by atoms with Crippen LogP contribution in [0.4, 0.5) is 11.5 Å². The molecule has 0 saturated carbocycles. The van der Waals surface area contributed by atoms with Crippen LogP contribution in [0.1, 0.15) is 23.0 Å². The highest BCUT2D eigenvalue weighted by molar-refractivity contribution is 6.04. The van der Waals surface area contributed by atoms with E-state index < -0.39 is 0 Å². The average Bonchev–Trinajstić information content (AvgIpc) is 2.80. The van der Waals surface area contributed by atoms with Gasteiger partial charge in [0.25, 0.3) is 5.91 Å². The maximum absolute atomic E-state index is 11.9. The minimum atomic E-state index is -0.206. The van der Waals surface area contributed by atoms with E-state index in [1.165, 1.54) is 12.5 Å².